The summed E-state index contributed by atoms with van der Waals surface area (Å²) < 4.78 is 38.2. The first-order chi connectivity index (χ1) is 11.0. The van der Waals surface area contributed by atoms with Gasteiger partial charge in [0.1, 0.15) is 5.82 Å². The Morgan fingerprint density at radius 3 is 2.35 bits per heavy atom. The molecule has 0 N–H and O–H groups in total. The lowest BCUT2D eigenvalue weighted by molar-refractivity contribution is -0.135. The molecule has 1 aliphatic heterocycles. The van der Waals surface area contributed by atoms with Crippen molar-refractivity contribution in [1.29, 1.82) is 0 Å². The van der Waals surface area contributed by atoms with Gasteiger partial charge < -0.3 is 4.90 Å². The lowest BCUT2D eigenvalue weighted by Gasteiger charge is -2.26. The fourth-order valence-corrected chi connectivity index (χ4v) is 5.30. The highest BCUT2D eigenvalue weighted by atomic mass is 32.2. The van der Waals surface area contributed by atoms with E-state index in [4.69, 9.17) is 0 Å². The molecular weight excluding hydrogens is 317 g/mol. The minimum atomic E-state index is -3.51. The summed E-state index contributed by atoms with van der Waals surface area (Å²) in [5.74, 6) is -0.276. The third kappa shape index (κ3) is 3.42. The Bertz CT molecular complexity index is 666. The summed E-state index contributed by atoms with van der Waals surface area (Å²) in [6, 6.07) is 4.92. The highest BCUT2D eigenvalue weighted by Gasteiger charge is 2.38. The molecule has 2 aliphatic rings. The fraction of sp³-hybridized carbons (Fsp3) is 0.588. The van der Waals surface area contributed by atoms with Gasteiger partial charge in [0.2, 0.25) is 5.91 Å². The number of halogens is 1. The van der Waals surface area contributed by atoms with Crippen molar-refractivity contribution in [1.82, 2.24) is 4.90 Å². The molecule has 1 aliphatic carbocycles. The Balaban J connectivity index is 1.69. The Morgan fingerprint density at radius 2 is 1.70 bits per heavy atom. The summed E-state index contributed by atoms with van der Waals surface area (Å²) in [4.78, 5) is 14.4. The molecule has 126 valence electrons. The Morgan fingerprint density at radius 1 is 1.04 bits per heavy atom. The molecule has 1 heterocycles. The summed E-state index contributed by atoms with van der Waals surface area (Å²) in [6.07, 6.45) is 5.65. The fourth-order valence-electron chi connectivity index (χ4n) is 3.61. The van der Waals surface area contributed by atoms with Crippen LogP contribution in [0.2, 0.25) is 0 Å². The number of hydrogen-bond acceptors (Lipinski definition) is 3. The Kier molecular flexibility index (Phi) is 4.71. The van der Waals surface area contributed by atoms with Gasteiger partial charge >= 0.3 is 0 Å². The van der Waals surface area contributed by atoms with Gasteiger partial charge in [-0.3, -0.25) is 4.79 Å². The maximum Gasteiger partial charge on any atom is 0.225 e. The van der Waals surface area contributed by atoms with Crippen LogP contribution in [0.25, 0.3) is 0 Å². The minimum absolute atomic E-state index is 0.0658. The van der Waals surface area contributed by atoms with Gasteiger partial charge in [-0.15, -0.1) is 0 Å². The maximum absolute atomic E-state index is 13.0. The molecule has 0 radical (unpaired) electrons. The van der Waals surface area contributed by atoms with Gasteiger partial charge in [-0.05, 0) is 43.5 Å². The van der Waals surface area contributed by atoms with Crippen molar-refractivity contribution < 1.29 is 17.6 Å². The Labute approximate surface area is 136 Å². The number of sulfone groups is 1. The number of amides is 1. The zero-order chi connectivity index (χ0) is 16.4. The van der Waals surface area contributed by atoms with E-state index in [1.54, 1.807) is 4.90 Å². The topological polar surface area (TPSA) is 54.5 Å². The Hall–Kier alpha value is -1.43. The first-order valence-electron chi connectivity index (χ1n) is 8.27. The second kappa shape index (κ2) is 6.59. The van der Waals surface area contributed by atoms with E-state index in [9.17, 15) is 17.6 Å². The van der Waals surface area contributed by atoms with Crippen LogP contribution in [0.4, 0.5) is 4.39 Å². The van der Waals surface area contributed by atoms with Crippen LogP contribution < -0.4 is 0 Å². The van der Waals surface area contributed by atoms with Crippen LogP contribution in [0.15, 0.2) is 29.2 Å². The maximum atomic E-state index is 13.0. The van der Waals surface area contributed by atoms with Gasteiger partial charge in [0.25, 0.3) is 0 Å². The SMILES string of the molecule is O=C(C1CCCCC1)N1CC[C@H](S(=O)(=O)c2ccc(F)cc2)C1. The summed E-state index contributed by atoms with van der Waals surface area (Å²) in [7, 11) is -3.51. The van der Waals surface area contributed by atoms with E-state index in [-0.39, 0.29) is 23.3 Å². The van der Waals surface area contributed by atoms with E-state index >= 15 is 0 Å². The lowest BCUT2D eigenvalue weighted by atomic mass is 9.88. The number of nitrogens with zero attached hydrogens (tertiary/aromatic N) is 1. The van der Waals surface area contributed by atoms with Crippen LogP contribution in [0.1, 0.15) is 38.5 Å². The van der Waals surface area contributed by atoms with E-state index in [2.05, 4.69) is 0 Å². The van der Waals surface area contributed by atoms with E-state index in [0.717, 1.165) is 37.8 Å². The molecule has 1 aromatic carbocycles. The first-order valence-corrected chi connectivity index (χ1v) is 9.81. The quantitative estimate of drug-likeness (QED) is 0.796. The van der Waals surface area contributed by atoms with Crippen LogP contribution >= 0.6 is 0 Å². The lowest BCUT2D eigenvalue weighted by Crippen LogP contribution is -2.37. The molecule has 3 rings (SSSR count). The predicted molar refractivity (Wildman–Crippen MR) is 85.1 cm³/mol. The minimum Gasteiger partial charge on any atom is -0.341 e. The van der Waals surface area contributed by atoms with Crippen LogP contribution in [-0.4, -0.2) is 37.6 Å². The van der Waals surface area contributed by atoms with Crippen molar-refractivity contribution in [3.05, 3.63) is 30.1 Å². The molecule has 1 atom stereocenters. The van der Waals surface area contributed by atoms with Crippen molar-refractivity contribution in [3.8, 4) is 0 Å². The smallest absolute Gasteiger partial charge is 0.225 e. The van der Waals surface area contributed by atoms with Gasteiger partial charge in [0.05, 0.1) is 10.1 Å². The zero-order valence-electron chi connectivity index (χ0n) is 13.1. The molecule has 1 saturated heterocycles. The first kappa shape index (κ1) is 16.4. The molecule has 2 fully saturated rings. The number of carbonyl (C=O) groups is 1. The number of likely N-dealkylation sites (tertiary alicyclic amines) is 1. The molecular formula is C17H22FNO3S. The number of rotatable bonds is 3. The molecule has 23 heavy (non-hydrogen) atoms. The van der Waals surface area contributed by atoms with Crippen LogP contribution in [0.3, 0.4) is 0 Å². The molecule has 6 heteroatoms. The average molecular weight is 339 g/mol. The largest absolute Gasteiger partial charge is 0.341 e. The second-order valence-electron chi connectivity index (χ2n) is 6.53. The van der Waals surface area contributed by atoms with E-state index in [1.165, 1.54) is 18.6 Å². The second-order valence-corrected chi connectivity index (χ2v) is 8.76. The van der Waals surface area contributed by atoms with Crippen molar-refractivity contribution in [3.63, 3.8) is 0 Å². The monoisotopic (exact) mass is 339 g/mol. The summed E-state index contributed by atoms with van der Waals surface area (Å²) in [6.45, 7) is 0.759. The van der Waals surface area contributed by atoms with E-state index < -0.39 is 20.9 Å². The van der Waals surface area contributed by atoms with E-state index in [0.29, 0.717) is 13.0 Å². The molecule has 1 amide bonds. The highest BCUT2D eigenvalue weighted by molar-refractivity contribution is 7.92. The molecule has 1 saturated carbocycles. The molecule has 0 bridgehead atoms. The standard InChI is InChI=1S/C17H22FNO3S/c18-14-6-8-15(9-7-14)23(21,22)16-10-11-19(12-16)17(20)13-4-2-1-3-5-13/h6-9,13,16H,1-5,10-12H2/t16-/m0/s1. The summed E-state index contributed by atoms with van der Waals surface area (Å²) in [5.41, 5.74) is 0. The molecule has 0 unspecified atom stereocenters. The average Bonchev–Trinajstić information content (AvgIpc) is 3.06. The van der Waals surface area contributed by atoms with Crippen molar-refractivity contribution in [2.45, 2.75) is 48.7 Å². The number of carbonyl (C=O) groups excluding carboxylic acids is 1. The number of hydrogen-bond donors (Lipinski definition) is 0. The van der Waals surface area contributed by atoms with Crippen LogP contribution in [-0.2, 0) is 14.6 Å². The molecule has 0 aromatic heterocycles. The normalized spacial score (nSPS) is 23.2. The number of benzene rings is 1. The van der Waals surface area contributed by atoms with Gasteiger partial charge in [-0.1, -0.05) is 19.3 Å². The predicted octanol–water partition coefficient (Wildman–Crippen LogP) is 2.78. The van der Waals surface area contributed by atoms with Gasteiger partial charge in [-0.25, -0.2) is 12.8 Å². The molecule has 1 aromatic rings. The highest BCUT2D eigenvalue weighted by Crippen LogP contribution is 2.29. The van der Waals surface area contributed by atoms with Crippen LogP contribution in [0.5, 0.6) is 0 Å². The van der Waals surface area contributed by atoms with Crippen molar-refractivity contribution in [2.75, 3.05) is 13.1 Å². The van der Waals surface area contributed by atoms with Crippen molar-refractivity contribution in [2.24, 2.45) is 5.92 Å². The van der Waals surface area contributed by atoms with Gasteiger partial charge in [0, 0.05) is 19.0 Å². The van der Waals surface area contributed by atoms with Crippen LogP contribution in [0, 0.1) is 11.7 Å². The molecule has 0 spiro atoms. The van der Waals surface area contributed by atoms with E-state index in [1.807, 2.05) is 0 Å². The summed E-state index contributed by atoms with van der Waals surface area (Å²) >= 11 is 0. The zero-order valence-corrected chi connectivity index (χ0v) is 13.9. The van der Waals surface area contributed by atoms with Crippen molar-refractivity contribution >= 4 is 15.7 Å². The third-order valence-electron chi connectivity index (χ3n) is 4.99. The summed E-state index contributed by atoms with van der Waals surface area (Å²) in [5, 5.41) is -0.583. The third-order valence-corrected chi connectivity index (χ3v) is 7.18. The van der Waals surface area contributed by atoms with Gasteiger partial charge in [-0.2, -0.15) is 0 Å². The van der Waals surface area contributed by atoms with Gasteiger partial charge in [0.15, 0.2) is 9.84 Å². The molecule has 4 nitrogen and oxygen atoms in total.